The fourth-order valence-corrected chi connectivity index (χ4v) is 3.33. The van der Waals surface area contributed by atoms with Crippen LogP contribution >= 0.6 is 11.3 Å². The summed E-state index contributed by atoms with van der Waals surface area (Å²) in [4.78, 5) is 26.6. The molecule has 0 aliphatic rings. The van der Waals surface area contributed by atoms with Crippen LogP contribution in [0.4, 0.5) is 10.8 Å². The molecule has 166 valence electrons. The van der Waals surface area contributed by atoms with E-state index in [1.165, 1.54) is 37.8 Å². The van der Waals surface area contributed by atoms with Crippen molar-refractivity contribution < 1.29 is 23.9 Å². The summed E-state index contributed by atoms with van der Waals surface area (Å²) in [6, 6.07) is 12.2. The Kier molecular flexibility index (Phi) is 7.70. The molecular weight excluding hydrogens is 436 g/mol. The van der Waals surface area contributed by atoms with Gasteiger partial charge in [-0.05, 0) is 11.6 Å². The Balaban J connectivity index is 1.75. The normalized spacial score (nSPS) is 10.7. The number of carbonyl (C=O) groups is 1. The van der Waals surface area contributed by atoms with Gasteiger partial charge in [-0.3, -0.25) is 20.3 Å². The van der Waals surface area contributed by atoms with Crippen LogP contribution in [-0.2, 0) is 22.6 Å². The zero-order chi connectivity index (χ0) is 22.9. The van der Waals surface area contributed by atoms with E-state index in [0.29, 0.717) is 16.4 Å². The predicted octanol–water partition coefficient (Wildman–Crippen LogP) is 3.80. The number of benzene rings is 2. The Morgan fingerprint density at radius 1 is 1.28 bits per heavy atom. The minimum atomic E-state index is -0.534. The topological polar surface area (TPSA) is 125 Å². The van der Waals surface area contributed by atoms with Crippen LogP contribution in [0.5, 0.6) is 11.5 Å². The average Bonchev–Trinajstić information content (AvgIpc) is 3.25. The molecule has 0 saturated carbocycles. The van der Waals surface area contributed by atoms with Gasteiger partial charge < -0.3 is 14.2 Å². The smallest absolute Gasteiger partial charge is 0.315 e. The third-order valence-electron chi connectivity index (χ3n) is 4.18. The van der Waals surface area contributed by atoms with Crippen LogP contribution in [0.25, 0.3) is 0 Å². The quantitative estimate of drug-likeness (QED) is 0.211. The number of hydrogen-bond acceptors (Lipinski definition) is 10. The fraction of sp³-hybridized carbons (Fsp3) is 0.190. The van der Waals surface area contributed by atoms with Crippen LogP contribution in [0.15, 0.2) is 52.9 Å². The zero-order valence-corrected chi connectivity index (χ0v) is 18.1. The van der Waals surface area contributed by atoms with Crippen LogP contribution in [0.2, 0.25) is 0 Å². The number of nitrogens with one attached hydrogen (secondary N) is 1. The standard InChI is InChI=1S/C21H20N4O6S/c1-29-18-9-15(11-22-24-21-23-16(13-32-21)10-19(26)30-2)8-17(25(27)28)20(18)31-12-14-6-4-3-5-7-14/h3-9,11,13H,10,12H2,1-2H3,(H,23,24)/b22-11-. The maximum absolute atomic E-state index is 11.6. The largest absolute Gasteiger partial charge is 0.493 e. The van der Waals surface area contributed by atoms with Crippen molar-refractivity contribution >= 4 is 34.3 Å². The van der Waals surface area contributed by atoms with Crippen molar-refractivity contribution in [2.75, 3.05) is 19.6 Å². The molecule has 10 nitrogen and oxygen atoms in total. The molecule has 0 unspecified atom stereocenters. The van der Waals surface area contributed by atoms with Crippen molar-refractivity contribution in [1.82, 2.24) is 4.98 Å². The molecule has 11 heteroatoms. The molecule has 0 bridgehead atoms. The van der Waals surface area contributed by atoms with E-state index in [0.717, 1.165) is 5.56 Å². The van der Waals surface area contributed by atoms with Gasteiger partial charge in [-0.25, -0.2) is 4.98 Å². The number of hydrazone groups is 1. The average molecular weight is 456 g/mol. The van der Waals surface area contributed by atoms with Crippen molar-refractivity contribution in [2.24, 2.45) is 5.10 Å². The number of rotatable bonds is 10. The predicted molar refractivity (Wildman–Crippen MR) is 119 cm³/mol. The number of esters is 1. The van der Waals surface area contributed by atoms with Gasteiger partial charge >= 0.3 is 11.7 Å². The molecule has 0 atom stereocenters. The molecule has 3 aromatic rings. The number of nitro benzene ring substituents is 1. The number of nitro groups is 1. The van der Waals surface area contributed by atoms with Gasteiger partial charge in [-0.2, -0.15) is 5.10 Å². The van der Waals surface area contributed by atoms with Gasteiger partial charge in [0.1, 0.15) is 6.61 Å². The summed E-state index contributed by atoms with van der Waals surface area (Å²) in [6.45, 7) is 0.158. The lowest BCUT2D eigenvalue weighted by Gasteiger charge is -2.12. The Morgan fingerprint density at radius 3 is 2.75 bits per heavy atom. The van der Waals surface area contributed by atoms with E-state index < -0.39 is 4.92 Å². The molecule has 0 fully saturated rings. The number of methoxy groups -OCH3 is 2. The number of ether oxygens (including phenoxy) is 3. The van der Waals surface area contributed by atoms with E-state index in [9.17, 15) is 14.9 Å². The maximum atomic E-state index is 11.6. The van der Waals surface area contributed by atoms with E-state index in [4.69, 9.17) is 9.47 Å². The highest BCUT2D eigenvalue weighted by molar-refractivity contribution is 7.13. The summed E-state index contributed by atoms with van der Waals surface area (Å²) < 4.78 is 15.6. The van der Waals surface area contributed by atoms with Gasteiger partial charge in [0.15, 0.2) is 5.75 Å². The molecule has 3 rings (SSSR count). The summed E-state index contributed by atoms with van der Waals surface area (Å²) in [6.07, 6.45) is 1.46. The Morgan fingerprint density at radius 2 is 2.06 bits per heavy atom. The van der Waals surface area contributed by atoms with Crippen molar-refractivity contribution in [3.05, 3.63) is 74.8 Å². The van der Waals surface area contributed by atoms with Crippen LogP contribution in [0.3, 0.4) is 0 Å². The third-order valence-corrected chi connectivity index (χ3v) is 4.97. The van der Waals surface area contributed by atoms with Crippen LogP contribution < -0.4 is 14.9 Å². The lowest BCUT2D eigenvalue weighted by Crippen LogP contribution is -2.04. The lowest BCUT2D eigenvalue weighted by atomic mass is 10.1. The molecular formula is C21H20N4O6S. The van der Waals surface area contributed by atoms with E-state index >= 15 is 0 Å². The number of hydrogen-bond donors (Lipinski definition) is 1. The summed E-state index contributed by atoms with van der Waals surface area (Å²) in [5, 5.41) is 17.9. The molecule has 0 spiro atoms. The van der Waals surface area contributed by atoms with Crippen molar-refractivity contribution in [3.8, 4) is 11.5 Å². The van der Waals surface area contributed by atoms with Gasteiger partial charge in [0, 0.05) is 17.0 Å². The van der Waals surface area contributed by atoms with Crippen molar-refractivity contribution in [3.63, 3.8) is 0 Å². The Labute approximate surface area is 187 Å². The number of carbonyl (C=O) groups excluding carboxylic acids is 1. The molecule has 32 heavy (non-hydrogen) atoms. The SMILES string of the molecule is COC(=O)Cc1csc(N/N=C\c2cc(OC)c(OCc3ccccc3)c([N+](=O)[O-])c2)n1. The molecule has 1 heterocycles. The molecule has 0 aliphatic carbocycles. The molecule has 0 saturated heterocycles. The van der Waals surface area contributed by atoms with Gasteiger partial charge in [-0.15, -0.1) is 11.3 Å². The van der Waals surface area contributed by atoms with Crippen LogP contribution in [-0.4, -0.2) is 36.3 Å². The number of anilines is 1. The summed E-state index contributed by atoms with van der Waals surface area (Å²) in [7, 11) is 2.72. The molecule has 2 aromatic carbocycles. The van der Waals surface area contributed by atoms with E-state index in [-0.39, 0.29) is 36.2 Å². The summed E-state index contributed by atoms with van der Waals surface area (Å²) in [5.74, 6) is -0.135. The van der Waals surface area contributed by atoms with Gasteiger partial charge in [0.25, 0.3) is 0 Å². The highest BCUT2D eigenvalue weighted by Gasteiger charge is 2.22. The lowest BCUT2D eigenvalue weighted by molar-refractivity contribution is -0.386. The highest BCUT2D eigenvalue weighted by Crippen LogP contribution is 2.38. The molecule has 1 aromatic heterocycles. The Bertz CT molecular complexity index is 1120. The first-order valence-corrected chi connectivity index (χ1v) is 10.2. The number of aromatic nitrogens is 1. The Hall–Kier alpha value is -3.99. The van der Waals surface area contributed by atoms with Gasteiger partial charge in [0.05, 0.1) is 37.5 Å². The van der Waals surface area contributed by atoms with Gasteiger partial charge in [-0.1, -0.05) is 30.3 Å². The van der Waals surface area contributed by atoms with E-state index in [1.807, 2.05) is 30.3 Å². The van der Waals surface area contributed by atoms with E-state index in [1.54, 1.807) is 11.4 Å². The molecule has 0 aliphatic heterocycles. The van der Waals surface area contributed by atoms with Crippen LogP contribution in [0, 0.1) is 10.1 Å². The minimum Gasteiger partial charge on any atom is -0.493 e. The highest BCUT2D eigenvalue weighted by atomic mass is 32.1. The zero-order valence-electron chi connectivity index (χ0n) is 17.3. The minimum absolute atomic E-state index is 0.0406. The second-order valence-corrected chi connectivity index (χ2v) is 7.23. The summed E-state index contributed by atoms with van der Waals surface area (Å²) in [5.41, 5.74) is 4.35. The number of nitrogens with zero attached hydrogens (tertiary/aromatic N) is 3. The third kappa shape index (κ3) is 6.01. The first kappa shape index (κ1) is 22.7. The van der Waals surface area contributed by atoms with Crippen LogP contribution in [0.1, 0.15) is 16.8 Å². The van der Waals surface area contributed by atoms with Crippen molar-refractivity contribution in [2.45, 2.75) is 13.0 Å². The second kappa shape index (κ2) is 10.9. The molecule has 0 radical (unpaired) electrons. The fourth-order valence-electron chi connectivity index (χ4n) is 2.67. The van der Waals surface area contributed by atoms with Crippen molar-refractivity contribution in [1.29, 1.82) is 0 Å². The number of thiazole rings is 1. The maximum Gasteiger partial charge on any atom is 0.315 e. The second-order valence-electron chi connectivity index (χ2n) is 6.37. The summed E-state index contributed by atoms with van der Waals surface area (Å²) >= 11 is 1.26. The van der Waals surface area contributed by atoms with E-state index in [2.05, 4.69) is 20.2 Å². The first-order chi connectivity index (χ1) is 15.5. The monoisotopic (exact) mass is 456 g/mol. The van der Waals surface area contributed by atoms with Gasteiger partial charge in [0.2, 0.25) is 10.9 Å². The molecule has 0 amide bonds. The first-order valence-electron chi connectivity index (χ1n) is 9.33. The molecule has 1 N–H and O–H groups in total.